The Balaban J connectivity index is 2.90. The standard InChI is InChI=1S/C9H10F2O/c1-3-7-4-5-8(12-2)6-9(7,10)11/h3-7H,1H2,2H3. The van der Waals surface area contributed by atoms with Gasteiger partial charge >= 0.3 is 0 Å². The molecule has 1 nitrogen and oxygen atoms in total. The van der Waals surface area contributed by atoms with Crippen LogP contribution in [0.2, 0.25) is 0 Å². The van der Waals surface area contributed by atoms with Gasteiger partial charge in [0.25, 0.3) is 5.92 Å². The van der Waals surface area contributed by atoms with E-state index in [2.05, 4.69) is 11.3 Å². The van der Waals surface area contributed by atoms with Gasteiger partial charge in [-0.25, -0.2) is 8.78 Å². The van der Waals surface area contributed by atoms with Gasteiger partial charge in [0.2, 0.25) is 0 Å². The van der Waals surface area contributed by atoms with Crippen LogP contribution in [-0.4, -0.2) is 13.0 Å². The van der Waals surface area contributed by atoms with Crippen molar-refractivity contribution in [3.63, 3.8) is 0 Å². The molecule has 0 fully saturated rings. The molecule has 0 saturated heterocycles. The fourth-order valence-corrected chi connectivity index (χ4v) is 1.02. The molecule has 0 aromatic carbocycles. The summed E-state index contributed by atoms with van der Waals surface area (Å²) in [4.78, 5) is 0. The first-order valence-electron chi connectivity index (χ1n) is 3.55. The Morgan fingerprint density at radius 3 is 2.75 bits per heavy atom. The number of hydrogen-bond donors (Lipinski definition) is 0. The van der Waals surface area contributed by atoms with Crippen LogP contribution in [0, 0.1) is 5.92 Å². The molecular weight excluding hydrogens is 162 g/mol. The zero-order chi connectivity index (χ0) is 9.19. The summed E-state index contributed by atoms with van der Waals surface area (Å²) in [6.07, 6.45) is 4.92. The van der Waals surface area contributed by atoms with E-state index in [-0.39, 0.29) is 5.76 Å². The van der Waals surface area contributed by atoms with Crippen molar-refractivity contribution in [2.45, 2.75) is 5.92 Å². The van der Waals surface area contributed by atoms with Crippen molar-refractivity contribution >= 4 is 0 Å². The molecule has 0 radical (unpaired) electrons. The summed E-state index contributed by atoms with van der Waals surface area (Å²) in [5.74, 6) is -3.60. The lowest BCUT2D eigenvalue weighted by Gasteiger charge is -2.22. The Morgan fingerprint density at radius 1 is 1.67 bits per heavy atom. The lowest BCUT2D eigenvalue weighted by molar-refractivity contribution is 0.0220. The van der Waals surface area contributed by atoms with E-state index in [0.29, 0.717) is 0 Å². The highest BCUT2D eigenvalue weighted by Crippen LogP contribution is 2.33. The van der Waals surface area contributed by atoms with Gasteiger partial charge in [-0.15, -0.1) is 6.58 Å². The van der Waals surface area contributed by atoms with Crippen molar-refractivity contribution in [3.05, 3.63) is 36.6 Å². The van der Waals surface area contributed by atoms with Gasteiger partial charge in [0.05, 0.1) is 13.0 Å². The van der Waals surface area contributed by atoms with Crippen molar-refractivity contribution in [2.75, 3.05) is 7.11 Å². The minimum atomic E-state index is -2.87. The summed E-state index contributed by atoms with van der Waals surface area (Å²) < 4.78 is 30.7. The molecule has 0 heterocycles. The quantitative estimate of drug-likeness (QED) is 0.581. The highest BCUT2D eigenvalue weighted by atomic mass is 19.3. The minimum Gasteiger partial charge on any atom is -0.497 e. The van der Waals surface area contributed by atoms with Crippen LogP contribution >= 0.6 is 0 Å². The fourth-order valence-electron chi connectivity index (χ4n) is 1.02. The normalized spacial score (nSPS) is 26.2. The van der Waals surface area contributed by atoms with Crippen molar-refractivity contribution in [1.82, 2.24) is 0 Å². The van der Waals surface area contributed by atoms with Crippen LogP contribution in [0.5, 0.6) is 0 Å². The van der Waals surface area contributed by atoms with Crippen molar-refractivity contribution < 1.29 is 13.5 Å². The van der Waals surface area contributed by atoms with Gasteiger partial charge in [0, 0.05) is 6.08 Å². The maximum absolute atomic E-state index is 13.0. The van der Waals surface area contributed by atoms with E-state index in [1.807, 2.05) is 0 Å². The van der Waals surface area contributed by atoms with Crippen molar-refractivity contribution in [3.8, 4) is 0 Å². The molecule has 66 valence electrons. The SMILES string of the molecule is C=CC1C=CC(OC)=CC1(F)F. The second-order valence-electron chi connectivity index (χ2n) is 2.55. The van der Waals surface area contributed by atoms with E-state index in [4.69, 9.17) is 0 Å². The van der Waals surface area contributed by atoms with E-state index >= 15 is 0 Å². The summed E-state index contributed by atoms with van der Waals surface area (Å²) in [5, 5.41) is 0. The molecule has 1 aliphatic carbocycles. The monoisotopic (exact) mass is 172 g/mol. The van der Waals surface area contributed by atoms with Crippen molar-refractivity contribution in [1.29, 1.82) is 0 Å². The van der Waals surface area contributed by atoms with E-state index in [9.17, 15) is 8.78 Å². The molecule has 0 amide bonds. The topological polar surface area (TPSA) is 9.23 Å². The molecule has 0 spiro atoms. The molecule has 0 bridgehead atoms. The van der Waals surface area contributed by atoms with E-state index in [1.165, 1.54) is 25.3 Å². The third-order valence-corrected chi connectivity index (χ3v) is 1.74. The minimum absolute atomic E-state index is 0.193. The Bertz CT molecular complexity index is 241. The first-order valence-corrected chi connectivity index (χ1v) is 3.55. The Kier molecular flexibility index (Phi) is 2.31. The summed E-state index contributed by atoms with van der Waals surface area (Å²) in [7, 11) is 1.36. The maximum Gasteiger partial charge on any atom is 0.279 e. The second-order valence-corrected chi connectivity index (χ2v) is 2.55. The van der Waals surface area contributed by atoms with Gasteiger partial charge in [0.1, 0.15) is 5.76 Å². The zero-order valence-corrected chi connectivity index (χ0v) is 6.76. The van der Waals surface area contributed by atoms with Crippen LogP contribution in [-0.2, 0) is 4.74 Å². The lowest BCUT2D eigenvalue weighted by atomic mass is 9.96. The number of allylic oxidation sites excluding steroid dienone is 4. The average Bonchev–Trinajstić information content (AvgIpc) is 2.02. The molecule has 3 heteroatoms. The number of halogens is 2. The molecule has 1 aliphatic rings. The van der Waals surface area contributed by atoms with E-state index in [0.717, 1.165) is 6.08 Å². The molecule has 1 atom stereocenters. The number of rotatable bonds is 2. The maximum atomic E-state index is 13.0. The van der Waals surface area contributed by atoms with E-state index in [1.54, 1.807) is 0 Å². The Hall–Kier alpha value is -1.12. The second kappa shape index (κ2) is 3.09. The predicted octanol–water partition coefficient (Wildman–Crippen LogP) is 2.52. The van der Waals surface area contributed by atoms with Crippen molar-refractivity contribution in [2.24, 2.45) is 5.92 Å². The van der Waals surface area contributed by atoms with E-state index < -0.39 is 11.8 Å². The summed E-state index contributed by atoms with van der Waals surface area (Å²) in [6.45, 7) is 3.33. The lowest BCUT2D eigenvalue weighted by Crippen LogP contribution is -2.25. The molecule has 12 heavy (non-hydrogen) atoms. The first-order chi connectivity index (χ1) is 5.60. The number of alkyl halides is 2. The van der Waals surface area contributed by atoms with Gasteiger partial charge < -0.3 is 4.74 Å². The molecule has 0 aromatic rings. The Morgan fingerprint density at radius 2 is 2.33 bits per heavy atom. The molecule has 0 aromatic heterocycles. The van der Waals surface area contributed by atoms with Gasteiger partial charge in [-0.05, 0) is 6.08 Å². The largest absolute Gasteiger partial charge is 0.497 e. The van der Waals surface area contributed by atoms with Crippen LogP contribution in [0.25, 0.3) is 0 Å². The molecule has 1 unspecified atom stereocenters. The third-order valence-electron chi connectivity index (χ3n) is 1.74. The smallest absolute Gasteiger partial charge is 0.279 e. The van der Waals surface area contributed by atoms with Gasteiger partial charge in [-0.1, -0.05) is 12.2 Å². The van der Waals surface area contributed by atoms with Crippen LogP contribution in [0.3, 0.4) is 0 Å². The zero-order valence-electron chi connectivity index (χ0n) is 6.76. The van der Waals surface area contributed by atoms with Crippen LogP contribution in [0.1, 0.15) is 0 Å². The molecular formula is C9H10F2O. The number of methoxy groups -OCH3 is 1. The highest BCUT2D eigenvalue weighted by Gasteiger charge is 2.36. The molecule has 1 rings (SSSR count). The van der Waals surface area contributed by atoms with Gasteiger partial charge in [-0.2, -0.15) is 0 Å². The van der Waals surface area contributed by atoms with Gasteiger partial charge in [-0.3, -0.25) is 0 Å². The number of ether oxygens (including phenoxy) is 1. The molecule has 0 saturated carbocycles. The molecule has 0 aliphatic heterocycles. The van der Waals surface area contributed by atoms with Crippen LogP contribution in [0.4, 0.5) is 8.78 Å². The Labute approximate surface area is 70.0 Å². The molecule has 0 N–H and O–H groups in total. The highest BCUT2D eigenvalue weighted by molar-refractivity contribution is 5.26. The number of hydrogen-bond acceptors (Lipinski definition) is 1. The first kappa shape index (κ1) is 8.97. The average molecular weight is 172 g/mol. The summed E-state index contributed by atoms with van der Waals surface area (Å²) in [6, 6.07) is 0. The third kappa shape index (κ3) is 1.55. The van der Waals surface area contributed by atoms with Crippen LogP contribution < -0.4 is 0 Å². The predicted molar refractivity (Wildman–Crippen MR) is 42.9 cm³/mol. The summed E-state index contributed by atoms with van der Waals surface area (Å²) in [5.41, 5.74) is 0. The fraction of sp³-hybridized carbons (Fsp3) is 0.333. The van der Waals surface area contributed by atoms with Crippen LogP contribution in [0.15, 0.2) is 36.6 Å². The van der Waals surface area contributed by atoms with Gasteiger partial charge in [0.15, 0.2) is 0 Å². The summed E-state index contributed by atoms with van der Waals surface area (Å²) >= 11 is 0.